The first-order chi connectivity index (χ1) is 7.69. The Balaban J connectivity index is 2.15. The zero-order chi connectivity index (χ0) is 11.2. The van der Waals surface area contributed by atoms with Gasteiger partial charge < -0.3 is 5.32 Å². The van der Waals surface area contributed by atoms with Crippen molar-refractivity contribution in [3.63, 3.8) is 0 Å². The number of rotatable bonds is 1. The summed E-state index contributed by atoms with van der Waals surface area (Å²) in [6.07, 6.45) is 1.16. The van der Waals surface area contributed by atoms with Crippen molar-refractivity contribution in [1.82, 2.24) is 10.3 Å². The Morgan fingerprint density at radius 1 is 1.50 bits per heavy atom. The van der Waals surface area contributed by atoms with Gasteiger partial charge in [0.1, 0.15) is 5.01 Å². The van der Waals surface area contributed by atoms with Crippen molar-refractivity contribution >= 4 is 33.2 Å². The quantitative estimate of drug-likeness (QED) is 0.843. The predicted molar refractivity (Wildman–Crippen MR) is 69.5 cm³/mol. The van der Waals surface area contributed by atoms with E-state index in [1.54, 1.807) is 11.3 Å². The summed E-state index contributed by atoms with van der Waals surface area (Å²) in [5, 5.41) is 5.43. The van der Waals surface area contributed by atoms with Gasteiger partial charge in [-0.2, -0.15) is 0 Å². The highest BCUT2D eigenvalue weighted by Gasteiger charge is 2.33. The average molecular weight is 253 g/mol. The van der Waals surface area contributed by atoms with E-state index >= 15 is 0 Å². The summed E-state index contributed by atoms with van der Waals surface area (Å²) in [5.74, 6) is 0. The first kappa shape index (κ1) is 10.5. The maximum atomic E-state index is 6.18. The fourth-order valence-electron chi connectivity index (χ4n) is 2.17. The number of halogens is 1. The normalized spacial score (nSPS) is 25.4. The Bertz CT molecular complexity index is 529. The molecular formula is C12H13ClN2S. The third kappa shape index (κ3) is 1.54. The SMILES string of the molecule is CC1(c2nc3cccc(Cl)c3s2)CCNC1. The van der Waals surface area contributed by atoms with E-state index in [2.05, 4.69) is 12.2 Å². The molecule has 2 aromatic rings. The molecule has 1 aromatic carbocycles. The number of benzene rings is 1. The summed E-state index contributed by atoms with van der Waals surface area (Å²) in [6.45, 7) is 4.38. The molecule has 84 valence electrons. The number of nitrogens with zero attached hydrogens (tertiary/aromatic N) is 1. The van der Waals surface area contributed by atoms with Crippen molar-refractivity contribution in [3.05, 3.63) is 28.2 Å². The maximum absolute atomic E-state index is 6.18. The first-order valence-corrected chi connectivity index (χ1v) is 6.65. The second-order valence-corrected chi connectivity index (χ2v) is 6.00. The van der Waals surface area contributed by atoms with Gasteiger partial charge in [0.05, 0.1) is 15.2 Å². The van der Waals surface area contributed by atoms with Gasteiger partial charge in [-0.1, -0.05) is 24.6 Å². The van der Waals surface area contributed by atoms with Crippen LogP contribution >= 0.6 is 22.9 Å². The number of fused-ring (bicyclic) bond motifs is 1. The van der Waals surface area contributed by atoms with Crippen LogP contribution in [0.15, 0.2) is 18.2 Å². The van der Waals surface area contributed by atoms with Gasteiger partial charge in [0.15, 0.2) is 0 Å². The van der Waals surface area contributed by atoms with Gasteiger partial charge in [-0.3, -0.25) is 0 Å². The third-order valence-corrected chi connectivity index (χ3v) is 5.09. The standard InChI is InChI=1S/C12H13ClN2S/c1-12(5-6-14-7-12)11-15-9-4-2-3-8(13)10(9)16-11/h2-4,14H,5-7H2,1H3. The lowest BCUT2D eigenvalue weighted by Gasteiger charge is -2.18. The lowest BCUT2D eigenvalue weighted by molar-refractivity contribution is 0.523. The van der Waals surface area contributed by atoms with Crippen LogP contribution in [0.5, 0.6) is 0 Å². The zero-order valence-corrected chi connectivity index (χ0v) is 10.7. The minimum Gasteiger partial charge on any atom is -0.316 e. The molecule has 1 saturated heterocycles. The van der Waals surface area contributed by atoms with E-state index in [1.807, 2.05) is 18.2 Å². The van der Waals surface area contributed by atoms with Crippen LogP contribution in [0.1, 0.15) is 18.4 Å². The van der Waals surface area contributed by atoms with Crippen LogP contribution in [0, 0.1) is 0 Å². The van der Waals surface area contributed by atoms with Crippen LogP contribution in [0.25, 0.3) is 10.2 Å². The molecule has 0 spiro atoms. The summed E-state index contributed by atoms with van der Waals surface area (Å²) in [4.78, 5) is 4.72. The van der Waals surface area contributed by atoms with Crippen molar-refractivity contribution in [2.24, 2.45) is 0 Å². The van der Waals surface area contributed by atoms with E-state index in [0.29, 0.717) is 0 Å². The van der Waals surface area contributed by atoms with Gasteiger partial charge >= 0.3 is 0 Å². The number of hydrogen-bond acceptors (Lipinski definition) is 3. The smallest absolute Gasteiger partial charge is 0.101 e. The number of aromatic nitrogens is 1. The lowest BCUT2D eigenvalue weighted by atomic mass is 9.91. The van der Waals surface area contributed by atoms with Crippen molar-refractivity contribution in [1.29, 1.82) is 0 Å². The molecule has 0 saturated carbocycles. The topological polar surface area (TPSA) is 24.9 Å². The Hall–Kier alpha value is -0.640. The molecule has 1 unspecified atom stereocenters. The molecule has 1 aliphatic heterocycles. The number of nitrogens with one attached hydrogen (secondary N) is 1. The second kappa shape index (κ2) is 3.69. The molecule has 1 fully saturated rings. The molecule has 0 amide bonds. The fourth-order valence-corrected chi connectivity index (χ4v) is 3.60. The van der Waals surface area contributed by atoms with E-state index in [0.717, 1.165) is 34.7 Å². The Labute approximate surface area is 104 Å². The zero-order valence-electron chi connectivity index (χ0n) is 9.09. The molecule has 2 heterocycles. The van der Waals surface area contributed by atoms with Crippen molar-refractivity contribution in [2.75, 3.05) is 13.1 Å². The highest BCUT2D eigenvalue weighted by molar-refractivity contribution is 7.19. The molecule has 2 nitrogen and oxygen atoms in total. The van der Waals surface area contributed by atoms with E-state index < -0.39 is 0 Å². The average Bonchev–Trinajstić information content (AvgIpc) is 2.85. The molecule has 0 bridgehead atoms. The first-order valence-electron chi connectivity index (χ1n) is 5.45. The molecule has 4 heteroatoms. The van der Waals surface area contributed by atoms with Gasteiger partial charge in [-0.15, -0.1) is 11.3 Å². The van der Waals surface area contributed by atoms with Crippen molar-refractivity contribution in [3.8, 4) is 0 Å². The summed E-state index contributed by atoms with van der Waals surface area (Å²) in [6, 6.07) is 5.93. The van der Waals surface area contributed by atoms with Crippen LogP contribution < -0.4 is 5.32 Å². The fraction of sp³-hybridized carbons (Fsp3) is 0.417. The van der Waals surface area contributed by atoms with Gasteiger partial charge in [-0.25, -0.2) is 4.98 Å². The summed E-state index contributed by atoms with van der Waals surface area (Å²) < 4.78 is 1.12. The monoisotopic (exact) mass is 252 g/mol. The largest absolute Gasteiger partial charge is 0.316 e. The van der Waals surface area contributed by atoms with Crippen LogP contribution in [0.4, 0.5) is 0 Å². The Morgan fingerprint density at radius 2 is 2.38 bits per heavy atom. The summed E-state index contributed by atoms with van der Waals surface area (Å²) >= 11 is 7.91. The molecule has 1 aromatic heterocycles. The number of thiazole rings is 1. The minimum atomic E-state index is 0.188. The molecule has 1 N–H and O–H groups in total. The van der Waals surface area contributed by atoms with E-state index in [4.69, 9.17) is 16.6 Å². The second-order valence-electron chi connectivity index (χ2n) is 4.59. The summed E-state index contributed by atoms with van der Waals surface area (Å²) in [5.41, 5.74) is 1.22. The molecule has 1 aliphatic rings. The third-order valence-electron chi connectivity index (χ3n) is 3.25. The molecule has 3 rings (SSSR count). The predicted octanol–water partition coefficient (Wildman–Crippen LogP) is 3.20. The Morgan fingerprint density at radius 3 is 3.06 bits per heavy atom. The minimum absolute atomic E-state index is 0.188. The highest BCUT2D eigenvalue weighted by Crippen LogP contribution is 2.37. The van der Waals surface area contributed by atoms with Crippen LogP contribution in [-0.2, 0) is 5.41 Å². The Kier molecular flexibility index (Phi) is 2.42. The molecular weight excluding hydrogens is 240 g/mol. The van der Waals surface area contributed by atoms with Crippen molar-refractivity contribution < 1.29 is 0 Å². The van der Waals surface area contributed by atoms with E-state index in [9.17, 15) is 0 Å². The van der Waals surface area contributed by atoms with E-state index in [-0.39, 0.29) is 5.41 Å². The van der Waals surface area contributed by atoms with Gasteiger partial charge in [-0.05, 0) is 25.1 Å². The van der Waals surface area contributed by atoms with Gasteiger partial charge in [0.25, 0.3) is 0 Å². The van der Waals surface area contributed by atoms with Crippen LogP contribution in [0.2, 0.25) is 5.02 Å². The van der Waals surface area contributed by atoms with Crippen LogP contribution in [-0.4, -0.2) is 18.1 Å². The van der Waals surface area contributed by atoms with Gasteiger partial charge in [0.2, 0.25) is 0 Å². The maximum Gasteiger partial charge on any atom is 0.101 e. The lowest BCUT2D eigenvalue weighted by Crippen LogP contribution is -2.24. The van der Waals surface area contributed by atoms with Crippen molar-refractivity contribution in [2.45, 2.75) is 18.8 Å². The van der Waals surface area contributed by atoms with E-state index in [1.165, 1.54) is 5.01 Å². The number of hydrogen-bond donors (Lipinski definition) is 1. The molecule has 0 radical (unpaired) electrons. The van der Waals surface area contributed by atoms with Crippen LogP contribution in [0.3, 0.4) is 0 Å². The molecule has 16 heavy (non-hydrogen) atoms. The molecule has 1 atom stereocenters. The van der Waals surface area contributed by atoms with Gasteiger partial charge in [0, 0.05) is 12.0 Å². The molecule has 0 aliphatic carbocycles. The highest BCUT2D eigenvalue weighted by atomic mass is 35.5. The summed E-state index contributed by atoms with van der Waals surface area (Å²) in [7, 11) is 0.